The summed E-state index contributed by atoms with van der Waals surface area (Å²) in [7, 11) is 0. The molecule has 2 aromatic carbocycles. The van der Waals surface area contributed by atoms with Crippen LogP contribution in [0.4, 0.5) is 0 Å². The largest absolute Gasteiger partial charge is 0.444 e. The highest BCUT2D eigenvalue weighted by Gasteiger charge is 2.32. The number of para-hydroxylation sites is 1. The van der Waals surface area contributed by atoms with Crippen molar-refractivity contribution in [2.24, 2.45) is 0 Å². The molecule has 1 aliphatic heterocycles. The second kappa shape index (κ2) is 8.53. The van der Waals surface area contributed by atoms with Crippen LogP contribution in [0, 0.1) is 13.8 Å². The van der Waals surface area contributed by atoms with E-state index in [1.807, 2.05) is 67.6 Å². The van der Waals surface area contributed by atoms with Gasteiger partial charge in [-0.05, 0) is 38.8 Å². The number of nitrogens with zero attached hydrogens (tertiary/aromatic N) is 3. The third-order valence-corrected chi connectivity index (χ3v) is 5.47. The lowest BCUT2D eigenvalue weighted by molar-refractivity contribution is -0.140. The van der Waals surface area contributed by atoms with Crippen LogP contribution in [0.5, 0.6) is 0 Å². The standard InChI is InChI=1S/C24H25N3O3/c1-17-21(18(2)27(25-17)20-13-7-4-8-14-20)24(29)30-22(19-11-5-3-6-12-19)23(28)26-15-9-10-16-26/h3-8,11-14,22H,9-10,15-16H2,1-2H3. The minimum Gasteiger partial charge on any atom is -0.444 e. The number of esters is 1. The van der Waals surface area contributed by atoms with E-state index in [1.165, 1.54) is 0 Å². The average molecular weight is 403 g/mol. The van der Waals surface area contributed by atoms with E-state index < -0.39 is 12.1 Å². The molecule has 0 aliphatic carbocycles. The molecule has 3 aromatic rings. The number of ether oxygens (including phenoxy) is 1. The average Bonchev–Trinajstić information content (AvgIpc) is 3.41. The number of carbonyl (C=O) groups excluding carboxylic acids is 2. The Balaban J connectivity index is 1.65. The van der Waals surface area contributed by atoms with Gasteiger partial charge in [0.1, 0.15) is 5.56 Å². The van der Waals surface area contributed by atoms with Crippen LogP contribution in [0.3, 0.4) is 0 Å². The molecule has 1 fully saturated rings. The summed E-state index contributed by atoms with van der Waals surface area (Å²) in [6.45, 7) is 5.01. The van der Waals surface area contributed by atoms with Gasteiger partial charge in [0.15, 0.2) is 0 Å². The zero-order valence-electron chi connectivity index (χ0n) is 17.2. The first kappa shape index (κ1) is 19.9. The molecule has 4 rings (SSSR count). The predicted octanol–water partition coefficient (Wildman–Crippen LogP) is 4.01. The van der Waals surface area contributed by atoms with Crippen LogP contribution in [-0.4, -0.2) is 39.6 Å². The maximum absolute atomic E-state index is 13.2. The fraction of sp³-hybridized carbons (Fsp3) is 0.292. The van der Waals surface area contributed by atoms with Crippen molar-refractivity contribution in [3.63, 3.8) is 0 Å². The topological polar surface area (TPSA) is 64.4 Å². The minimum atomic E-state index is -0.962. The van der Waals surface area contributed by atoms with Crippen molar-refractivity contribution >= 4 is 11.9 Å². The molecule has 1 amide bonds. The maximum Gasteiger partial charge on any atom is 0.343 e. The zero-order valence-corrected chi connectivity index (χ0v) is 17.2. The van der Waals surface area contributed by atoms with Gasteiger partial charge in [-0.1, -0.05) is 48.5 Å². The zero-order chi connectivity index (χ0) is 21.1. The summed E-state index contributed by atoms with van der Waals surface area (Å²) in [4.78, 5) is 28.1. The molecule has 1 aliphatic rings. The van der Waals surface area contributed by atoms with Crippen LogP contribution in [0.2, 0.25) is 0 Å². The van der Waals surface area contributed by atoms with Crippen LogP contribution < -0.4 is 0 Å². The summed E-state index contributed by atoms with van der Waals surface area (Å²) in [5, 5.41) is 4.52. The molecule has 1 atom stereocenters. The fourth-order valence-electron chi connectivity index (χ4n) is 3.92. The molecule has 0 spiro atoms. The van der Waals surface area contributed by atoms with E-state index in [9.17, 15) is 9.59 Å². The van der Waals surface area contributed by atoms with Crippen LogP contribution >= 0.6 is 0 Å². The maximum atomic E-state index is 13.2. The number of rotatable bonds is 5. The Kier molecular flexibility index (Phi) is 5.65. The Bertz CT molecular complexity index is 1040. The van der Waals surface area contributed by atoms with E-state index >= 15 is 0 Å². The minimum absolute atomic E-state index is 0.169. The van der Waals surface area contributed by atoms with Crippen molar-refractivity contribution in [3.8, 4) is 5.69 Å². The van der Waals surface area contributed by atoms with Crippen molar-refractivity contribution in [2.45, 2.75) is 32.8 Å². The van der Waals surface area contributed by atoms with Gasteiger partial charge in [-0.25, -0.2) is 9.48 Å². The van der Waals surface area contributed by atoms with Crippen LogP contribution in [0.25, 0.3) is 5.69 Å². The van der Waals surface area contributed by atoms with Gasteiger partial charge < -0.3 is 9.64 Å². The number of aromatic nitrogens is 2. The van der Waals surface area contributed by atoms with E-state index in [0.29, 0.717) is 35.6 Å². The summed E-state index contributed by atoms with van der Waals surface area (Å²) in [6.07, 6.45) is 0.989. The smallest absolute Gasteiger partial charge is 0.343 e. The van der Waals surface area contributed by atoms with Crippen LogP contribution in [0.15, 0.2) is 60.7 Å². The number of likely N-dealkylation sites (tertiary alicyclic amines) is 1. The molecule has 1 aromatic heterocycles. The van der Waals surface area contributed by atoms with Crippen molar-refractivity contribution in [1.29, 1.82) is 0 Å². The van der Waals surface area contributed by atoms with Gasteiger partial charge in [0.05, 0.1) is 17.1 Å². The molecule has 2 heterocycles. The molecular weight excluding hydrogens is 378 g/mol. The Hall–Kier alpha value is -3.41. The number of aryl methyl sites for hydroxylation is 1. The number of hydrogen-bond donors (Lipinski definition) is 0. The van der Waals surface area contributed by atoms with Crippen molar-refractivity contribution in [3.05, 3.63) is 83.2 Å². The number of amides is 1. The normalized spacial score (nSPS) is 14.5. The highest BCUT2D eigenvalue weighted by atomic mass is 16.5. The lowest BCUT2D eigenvalue weighted by atomic mass is 10.1. The quantitative estimate of drug-likeness (QED) is 0.604. The first-order chi connectivity index (χ1) is 14.6. The molecule has 0 saturated carbocycles. The number of hydrogen-bond acceptors (Lipinski definition) is 4. The number of benzene rings is 2. The fourth-order valence-corrected chi connectivity index (χ4v) is 3.92. The Morgan fingerprint density at radius 1 is 0.933 bits per heavy atom. The van der Waals surface area contributed by atoms with E-state index in [0.717, 1.165) is 18.5 Å². The molecule has 30 heavy (non-hydrogen) atoms. The van der Waals surface area contributed by atoms with E-state index in [-0.39, 0.29) is 5.91 Å². The van der Waals surface area contributed by atoms with E-state index in [4.69, 9.17) is 4.74 Å². The molecule has 0 radical (unpaired) electrons. The Labute approximate surface area is 176 Å². The Morgan fingerprint density at radius 2 is 1.53 bits per heavy atom. The van der Waals surface area contributed by atoms with E-state index in [1.54, 1.807) is 16.5 Å². The van der Waals surface area contributed by atoms with Crippen molar-refractivity contribution < 1.29 is 14.3 Å². The molecule has 1 saturated heterocycles. The molecule has 154 valence electrons. The van der Waals surface area contributed by atoms with Gasteiger partial charge in [0.25, 0.3) is 5.91 Å². The van der Waals surface area contributed by atoms with Crippen LogP contribution in [0.1, 0.15) is 46.3 Å². The lowest BCUT2D eigenvalue weighted by Crippen LogP contribution is -2.35. The predicted molar refractivity (Wildman–Crippen MR) is 113 cm³/mol. The summed E-state index contributed by atoms with van der Waals surface area (Å²) in [5.41, 5.74) is 3.19. The Morgan fingerprint density at radius 3 is 2.17 bits per heavy atom. The third-order valence-electron chi connectivity index (χ3n) is 5.47. The lowest BCUT2D eigenvalue weighted by Gasteiger charge is -2.23. The van der Waals surface area contributed by atoms with Crippen molar-refractivity contribution in [1.82, 2.24) is 14.7 Å². The van der Waals surface area contributed by atoms with Gasteiger partial charge in [-0.15, -0.1) is 0 Å². The highest BCUT2D eigenvalue weighted by Crippen LogP contribution is 2.26. The highest BCUT2D eigenvalue weighted by molar-refractivity contribution is 5.94. The monoisotopic (exact) mass is 403 g/mol. The molecular formula is C24H25N3O3. The SMILES string of the molecule is Cc1nn(-c2ccccc2)c(C)c1C(=O)OC(C(=O)N1CCCC1)c1ccccc1. The summed E-state index contributed by atoms with van der Waals surface area (Å²) >= 11 is 0. The molecule has 0 bridgehead atoms. The molecule has 6 heteroatoms. The van der Waals surface area contributed by atoms with Gasteiger partial charge in [0.2, 0.25) is 6.10 Å². The van der Waals surface area contributed by atoms with Gasteiger partial charge >= 0.3 is 5.97 Å². The molecule has 0 N–H and O–H groups in total. The second-order valence-electron chi connectivity index (χ2n) is 7.52. The second-order valence-corrected chi connectivity index (χ2v) is 7.52. The van der Waals surface area contributed by atoms with Gasteiger partial charge in [-0.3, -0.25) is 4.79 Å². The summed E-state index contributed by atoms with van der Waals surface area (Å²) in [6, 6.07) is 18.8. The van der Waals surface area contributed by atoms with Crippen molar-refractivity contribution in [2.75, 3.05) is 13.1 Å². The van der Waals surface area contributed by atoms with E-state index in [2.05, 4.69) is 5.10 Å². The third kappa shape index (κ3) is 3.85. The summed E-state index contributed by atoms with van der Waals surface area (Å²) < 4.78 is 7.55. The first-order valence-electron chi connectivity index (χ1n) is 10.2. The summed E-state index contributed by atoms with van der Waals surface area (Å²) in [5.74, 6) is -0.702. The molecule has 1 unspecified atom stereocenters. The van der Waals surface area contributed by atoms with Gasteiger partial charge in [0, 0.05) is 18.7 Å². The van der Waals surface area contributed by atoms with Gasteiger partial charge in [-0.2, -0.15) is 5.10 Å². The van der Waals surface area contributed by atoms with Crippen LogP contribution in [-0.2, 0) is 9.53 Å². The first-order valence-corrected chi connectivity index (χ1v) is 10.2. The molecule has 6 nitrogen and oxygen atoms in total. The number of carbonyl (C=O) groups is 2.